The number of nitrogens with one attached hydrogen (secondary N) is 1. The number of rotatable bonds is 8. The number of hydrogen-bond acceptors (Lipinski definition) is 6. The molecular formula is C29H25FN4O5. The SMILES string of the molecule is COc1ccc2c(Oc3ccc(NC(=O)c4c(C)n(CCO)n(-c5ccccc5)c4=O)cc3F)ccnc2c1. The van der Waals surface area contributed by atoms with Gasteiger partial charge in [-0.15, -0.1) is 0 Å². The molecule has 0 aliphatic rings. The van der Waals surface area contributed by atoms with Crippen LogP contribution in [0.1, 0.15) is 16.1 Å². The summed E-state index contributed by atoms with van der Waals surface area (Å²) < 4.78 is 29.0. The maximum atomic E-state index is 15.0. The number of para-hydroxylation sites is 1. The summed E-state index contributed by atoms with van der Waals surface area (Å²) in [6.07, 6.45) is 1.55. The van der Waals surface area contributed by atoms with Gasteiger partial charge in [0.25, 0.3) is 11.5 Å². The second-order valence-corrected chi connectivity index (χ2v) is 8.65. The first-order valence-electron chi connectivity index (χ1n) is 12.1. The van der Waals surface area contributed by atoms with Crippen LogP contribution in [-0.4, -0.2) is 39.1 Å². The van der Waals surface area contributed by atoms with E-state index >= 15 is 4.39 Å². The lowest BCUT2D eigenvalue weighted by Crippen LogP contribution is -2.26. The maximum absolute atomic E-state index is 15.0. The molecule has 9 nitrogen and oxygen atoms in total. The fraction of sp³-hybridized carbons (Fsp3) is 0.138. The lowest BCUT2D eigenvalue weighted by molar-refractivity contribution is 0.102. The summed E-state index contributed by atoms with van der Waals surface area (Å²) in [6.45, 7) is 1.51. The quantitative estimate of drug-likeness (QED) is 0.303. The zero-order valence-electron chi connectivity index (χ0n) is 21.2. The molecule has 0 aliphatic carbocycles. The van der Waals surface area contributed by atoms with E-state index in [2.05, 4.69) is 10.3 Å². The first-order chi connectivity index (χ1) is 18.9. The van der Waals surface area contributed by atoms with Crippen LogP contribution in [0.2, 0.25) is 0 Å². The number of anilines is 1. The van der Waals surface area contributed by atoms with Gasteiger partial charge in [0.1, 0.15) is 17.1 Å². The molecule has 39 heavy (non-hydrogen) atoms. The van der Waals surface area contributed by atoms with E-state index in [1.807, 2.05) is 6.07 Å². The monoisotopic (exact) mass is 528 g/mol. The van der Waals surface area contributed by atoms with Gasteiger partial charge in [-0.1, -0.05) is 18.2 Å². The van der Waals surface area contributed by atoms with Crippen molar-refractivity contribution in [2.45, 2.75) is 13.5 Å². The minimum atomic E-state index is -0.706. The number of fused-ring (bicyclic) bond motifs is 1. The van der Waals surface area contributed by atoms with Crippen molar-refractivity contribution in [3.05, 3.63) is 106 Å². The van der Waals surface area contributed by atoms with Gasteiger partial charge in [0, 0.05) is 29.4 Å². The number of aliphatic hydroxyl groups is 1. The second kappa shape index (κ2) is 10.8. The Bertz CT molecular complexity index is 1730. The third kappa shape index (κ3) is 4.97. The molecule has 0 aliphatic heterocycles. The van der Waals surface area contributed by atoms with Crippen LogP contribution in [0.5, 0.6) is 17.2 Å². The molecule has 5 aromatic rings. The minimum Gasteiger partial charge on any atom is -0.497 e. The van der Waals surface area contributed by atoms with E-state index in [1.54, 1.807) is 73.4 Å². The molecule has 2 heterocycles. The van der Waals surface area contributed by atoms with Crippen molar-refractivity contribution in [2.24, 2.45) is 0 Å². The molecule has 198 valence electrons. The Morgan fingerprint density at radius 2 is 1.85 bits per heavy atom. The van der Waals surface area contributed by atoms with Crippen molar-refractivity contribution in [3.8, 4) is 22.9 Å². The van der Waals surface area contributed by atoms with Gasteiger partial charge in [0.2, 0.25) is 0 Å². The molecule has 0 saturated carbocycles. The molecule has 0 radical (unpaired) electrons. The fourth-order valence-corrected chi connectivity index (χ4v) is 4.39. The predicted octanol–water partition coefficient (Wildman–Crippen LogP) is 4.68. The standard InChI is InChI=1S/C29H25FN4O5/c1-18-27(29(37)34(33(18)14-15-35)20-6-4-3-5-7-20)28(36)32-19-8-11-26(23(30)16-19)39-25-12-13-31-24-17-21(38-2)9-10-22(24)25/h3-13,16-17,35H,14-15H2,1-2H3,(H,32,36). The Labute approximate surface area is 222 Å². The Morgan fingerprint density at radius 3 is 2.56 bits per heavy atom. The summed E-state index contributed by atoms with van der Waals surface area (Å²) in [4.78, 5) is 30.8. The zero-order valence-corrected chi connectivity index (χ0v) is 21.2. The zero-order chi connectivity index (χ0) is 27.5. The van der Waals surface area contributed by atoms with Gasteiger partial charge in [0.05, 0.1) is 37.2 Å². The average molecular weight is 529 g/mol. The summed E-state index contributed by atoms with van der Waals surface area (Å²) in [7, 11) is 1.56. The van der Waals surface area contributed by atoms with Gasteiger partial charge in [-0.05, 0) is 49.4 Å². The normalized spacial score (nSPS) is 11.0. The van der Waals surface area contributed by atoms with Crippen molar-refractivity contribution in [2.75, 3.05) is 19.0 Å². The predicted molar refractivity (Wildman–Crippen MR) is 145 cm³/mol. The number of aromatic nitrogens is 3. The number of amides is 1. The number of benzene rings is 3. The topological polar surface area (TPSA) is 108 Å². The van der Waals surface area contributed by atoms with E-state index in [-0.39, 0.29) is 30.2 Å². The highest BCUT2D eigenvalue weighted by molar-refractivity contribution is 6.05. The highest BCUT2D eigenvalue weighted by atomic mass is 19.1. The third-order valence-electron chi connectivity index (χ3n) is 6.26. The largest absolute Gasteiger partial charge is 0.497 e. The van der Waals surface area contributed by atoms with E-state index in [0.29, 0.717) is 33.8 Å². The van der Waals surface area contributed by atoms with Gasteiger partial charge >= 0.3 is 0 Å². The van der Waals surface area contributed by atoms with Gasteiger partial charge in [-0.25, -0.2) is 9.07 Å². The molecule has 0 unspecified atom stereocenters. The summed E-state index contributed by atoms with van der Waals surface area (Å²) in [5.74, 6) is -0.409. The highest BCUT2D eigenvalue weighted by Gasteiger charge is 2.24. The average Bonchev–Trinajstić information content (AvgIpc) is 3.19. The molecule has 2 aromatic heterocycles. The van der Waals surface area contributed by atoms with E-state index in [9.17, 15) is 14.7 Å². The maximum Gasteiger partial charge on any atom is 0.284 e. The van der Waals surface area contributed by atoms with Gasteiger partial charge in [-0.3, -0.25) is 19.3 Å². The second-order valence-electron chi connectivity index (χ2n) is 8.65. The Kier molecular flexibility index (Phi) is 7.11. The molecule has 0 saturated heterocycles. The molecule has 0 bridgehead atoms. The molecule has 1 amide bonds. The van der Waals surface area contributed by atoms with E-state index in [0.717, 1.165) is 6.07 Å². The number of carbonyl (C=O) groups excluding carboxylic acids is 1. The number of aliphatic hydroxyl groups excluding tert-OH is 1. The van der Waals surface area contributed by atoms with Crippen LogP contribution in [0.4, 0.5) is 10.1 Å². The Balaban J connectivity index is 1.41. The van der Waals surface area contributed by atoms with Crippen LogP contribution < -0.4 is 20.3 Å². The number of halogens is 1. The lowest BCUT2D eigenvalue weighted by Gasteiger charge is -2.12. The van der Waals surface area contributed by atoms with E-state index < -0.39 is 17.3 Å². The molecule has 0 atom stereocenters. The summed E-state index contributed by atoms with van der Waals surface area (Å²) in [6, 6.07) is 19.7. The number of pyridine rings is 1. The van der Waals surface area contributed by atoms with Crippen LogP contribution in [-0.2, 0) is 6.54 Å². The number of carbonyl (C=O) groups is 1. The van der Waals surface area contributed by atoms with Crippen LogP contribution >= 0.6 is 0 Å². The van der Waals surface area contributed by atoms with Crippen LogP contribution in [0.25, 0.3) is 16.6 Å². The molecular weight excluding hydrogens is 503 g/mol. The van der Waals surface area contributed by atoms with Crippen LogP contribution in [0.15, 0.2) is 83.8 Å². The summed E-state index contributed by atoms with van der Waals surface area (Å²) in [5, 5.41) is 12.8. The number of ether oxygens (including phenoxy) is 2. The lowest BCUT2D eigenvalue weighted by atomic mass is 10.2. The third-order valence-corrected chi connectivity index (χ3v) is 6.26. The van der Waals surface area contributed by atoms with Gasteiger partial charge < -0.3 is 19.9 Å². The van der Waals surface area contributed by atoms with E-state index in [1.165, 1.54) is 16.8 Å². The Morgan fingerprint density at radius 1 is 1.05 bits per heavy atom. The van der Waals surface area contributed by atoms with Gasteiger partial charge in [0.15, 0.2) is 11.6 Å². The van der Waals surface area contributed by atoms with Crippen molar-refractivity contribution in [1.29, 1.82) is 0 Å². The van der Waals surface area contributed by atoms with Crippen molar-refractivity contribution >= 4 is 22.5 Å². The first-order valence-corrected chi connectivity index (χ1v) is 12.1. The number of hydrogen-bond donors (Lipinski definition) is 2. The molecule has 0 fully saturated rings. The molecule has 10 heteroatoms. The summed E-state index contributed by atoms with van der Waals surface area (Å²) >= 11 is 0. The number of nitrogens with zero attached hydrogens (tertiary/aromatic N) is 3. The van der Waals surface area contributed by atoms with Gasteiger partial charge in [-0.2, -0.15) is 0 Å². The highest BCUT2D eigenvalue weighted by Crippen LogP contribution is 2.33. The molecule has 0 spiro atoms. The molecule has 3 aromatic carbocycles. The number of methoxy groups -OCH3 is 1. The van der Waals surface area contributed by atoms with Crippen LogP contribution in [0, 0.1) is 12.7 Å². The molecule has 2 N–H and O–H groups in total. The minimum absolute atomic E-state index is 0.0481. The van der Waals surface area contributed by atoms with Crippen LogP contribution in [0.3, 0.4) is 0 Å². The summed E-state index contributed by atoms with van der Waals surface area (Å²) in [5.41, 5.74) is 1.04. The first kappa shape index (κ1) is 25.7. The van der Waals surface area contributed by atoms with Crippen molar-refractivity contribution in [3.63, 3.8) is 0 Å². The fourth-order valence-electron chi connectivity index (χ4n) is 4.39. The van der Waals surface area contributed by atoms with E-state index in [4.69, 9.17) is 9.47 Å². The molecule has 5 rings (SSSR count). The smallest absolute Gasteiger partial charge is 0.284 e. The Hall–Kier alpha value is -4.96. The van der Waals surface area contributed by atoms with Crippen molar-refractivity contribution < 1.29 is 23.8 Å². The van der Waals surface area contributed by atoms with Crippen molar-refractivity contribution in [1.82, 2.24) is 14.3 Å².